The molecule has 26 heavy (non-hydrogen) atoms. The molecule has 0 radical (unpaired) electrons. The summed E-state index contributed by atoms with van der Waals surface area (Å²) in [6.45, 7) is 10.3. The van der Waals surface area contributed by atoms with Gasteiger partial charge in [-0.05, 0) is 37.5 Å². The van der Waals surface area contributed by atoms with Crippen LogP contribution in [0.15, 0.2) is 29.3 Å². The van der Waals surface area contributed by atoms with Gasteiger partial charge >= 0.3 is 0 Å². The lowest BCUT2D eigenvalue weighted by molar-refractivity contribution is -0.128. The number of carbonyl (C=O) groups excluding carboxylic acids is 1. The van der Waals surface area contributed by atoms with Crippen molar-refractivity contribution in [2.75, 3.05) is 33.8 Å². The zero-order valence-corrected chi connectivity index (χ0v) is 17.0. The van der Waals surface area contributed by atoms with Crippen molar-refractivity contribution in [1.29, 1.82) is 0 Å². The molecular weight excluding hydrogens is 328 g/mol. The van der Waals surface area contributed by atoms with Gasteiger partial charge in [0.25, 0.3) is 0 Å². The highest BCUT2D eigenvalue weighted by Gasteiger charge is 2.09. The summed E-state index contributed by atoms with van der Waals surface area (Å²) in [6, 6.07) is 8.21. The van der Waals surface area contributed by atoms with Crippen LogP contribution < -0.4 is 15.4 Å². The zero-order chi connectivity index (χ0) is 19.5. The van der Waals surface area contributed by atoms with Gasteiger partial charge in [0.1, 0.15) is 5.75 Å². The summed E-state index contributed by atoms with van der Waals surface area (Å²) in [5.74, 6) is 2.19. The van der Waals surface area contributed by atoms with Gasteiger partial charge in [0.15, 0.2) is 5.96 Å². The smallest absolute Gasteiger partial charge is 0.223 e. The number of ether oxygens (including phenoxy) is 1. The first kappa shape index (κ1) is 21.8. The first-order valence-corrected chi connectivity index (χ1v) is 9.31. The standard InChI is InChI=1S/C20H34N4O2/c1-7-21-20(22-13-12-19(25)24(5)6)23-16(4)17-8-10-18(11-9-17)26-14-15(2)3/h8-11,15-16H,7,12-14H2,1-6H3,(H2,21,22,23). The van der Waals surface area contributed by atoms with Crippen LogP contribution in [0.5, 0.6) is 5.75 Å². The maximum Gasteiger partial charge on any atom is 0.223 e. The number of aliphatic imine (C=N–C) groups is 1. The second-order valence-electron chi connectivity index (χ2n) is 6.94. The average molecular weight is 363 g/mol. The Morgan fingerprint density at radius 2 is 1.85 bits per heavy atom. The number of hydrogen-bond donors (Lipinski definition) is 2. The van der Waals surface area contributed by atoms with Crippen LogP contribution in [0.25, 0.3) is 0 Å². The normalized spacial score (nSPS) is 12.7. The highest BCUT2D eigenvalue weighted by molar-refractivity contribution is 5.81. The molecule has 146 valence electrons. The fourth-order valence-electron chi connectivity index (χ4n) is 2.21. The second-order valence-corrected chi connectivity index (χ2v) is 6.94. The van der Waals surface area contributed by atoms with Gasteiger partial charge in [-0.15, -0.1) is 0 Å². The Kier molecular flexibility index (Phi) is 9.55. The predicted molar refractivity (Wildman–Crippen MR) is 108 cm³/mol. The molecule has 6 nitrogen and oxygen atoms in total. The lowest BCUT2D eigenvalue weighted by atomic mass is 10.1. The van der Waals surface area contributed by atoms with Crippen molar-refractivity contribution in [2.24, 2.45) is 10.9 Å². The average Bonchev–Trinajstić information content (AvgIpc) is 2.60. The Balaban J connectivity index is 2.62. The van der Waals surface area contributed by atoms with Crippen molar-refractivity contribution in [3.8, 4) is 5.75 Å². The minimum atomic E-state index is 0.0784. The molecular formula is C20H34N4O2. The largest absolute Gasteiger partial charge is 0.493 e. The van der Waals surface area contributed by atoms with E-state index in [9.17, 15) is 4.79 Å². The molecule has 1 unspecified atom stereocenters. The van der Waals surface area contributed by atoms with E-state index < -0.39 is 0 Å². The number of nitrogens with one attached hydrogen (secondary N) is 2. The van der Waals surface area contributed by atoms with Crippen molar-refractivity contribution in [2.45, 2.75) is 40.2 Å². The van der Waals surface area contributed by atoms with Gasteiger partial charge in [0.2, 0.25) is 5.91 Å². The van der Waals surface area contributed by atoms with Crippen molar-refractivity contribution in [1.82, 2.24) is 15.5 Å². The summed E-state index contributed by atoms with van der Waals surface area (Å²) in [5, 5.41) is 6.60. The Morgan fingerprint density at radius 3 is 2.38 bits per heavy atom. The number of rotatable bonds is 9. The van der Waals surface area contributed by atoms with Crippen LogP contribution in [0.4, 0.5) is 0 Å². The van der Waals surface area contributed by atoms with E-state index in [0.717, 1.165) is 24.5 Å². The first-order valence-electron chi connectivity index (χ1n) is 9.31. The third-order valence-corrected chi connectivity index (χ3v) is 3.76. The van der Waals surface area contributed by atoms with E-state index >= 15 is 0 Å². The van der Waals surface area contributed by atoms with Crippen molar-refractivity contribution >= 4 is 11.9 Å². The monoisotopic (exact) mass is 362 g/mol. The summed E-state index contributed by atoms with van der Waals surface area (Å²) in [6.07, 6.45) is 0.403. The minimum Gasteiger partial charge on any atom is -0.493 e. The van der Waals surface area contributed by atoms with E-state index in [1.807, 2.05) is 19.1 Å². The maximum atomic E-state index is 11.7. The molecule has 1 rings (SSSR count). The van der Waals surface area contributed by atoms with Gasteiger partial charge in [-0.2, -0.15) is 0 Å². The molecule has 2 N–H and O–H groups in total. The van der Waals surface area contributed by atoms with Crippen molar-refractivity contribution < 1.29 is 9.53 Å². The summed E-state index contributed by atoms with van der Waals surface area (Å²) in [5.41, 5.74) is 1.15. The number of benzene rings is 1. The molecule has 0 aliphatic carbocycles. The first-order chi connectivity index (χ1) is 12.3. The predicted octanol–water partition coefficient (Wildman–Crippen LogP) is 2.82. The van der Waals surface area contributed by atoms with Gasteiger partial charge in [0, 0.05) is 27.1 Å². The van der Waals surface area contributed by atoms with Gasteiger partial charge in [-0.1, -0.05) is 26.0 Å². The fraction of sp³-hybridized carbons (Fsp3) is 0.600. The highest BCUT2D eigenvalue weighted by Crippen LogP contribution is 2.18. The molecule has 6 heteroatoms. The van der Waals surface area contributed by atoms with E-state index in [0.29, 0.717) is 24.8 Å². The molecule has 0 aliphatic rings. The molecule has 0 fully saturated rings. The SMILES string of the molecule is CCNC(=NCCC(=O)N(C)C)NC(C)c1ccc(OCC(C)C)cc1. The molecule has 0 heterocycles. The molecule has 0 saturated heterocycles. The summed E-state index contributed by atoms with van der Waals surface area (Å²) >= 11 is 0. The molecule has 1 atom stereocenters. The number of hydrogen-bond acceptors (Lipinski definition) is 3. The molecule has 0 saturated carbocycles. The molecule has 1 aromatic carbocycles. The van der Waals surface area contributed by atoms with E-state index in [-0.39, 0.29) is 11.9 Å². The lowest BCUT2D eigenvalue weighted by Gasteiger charge is -2.19. The van der Waals surface area contributed by atoms with Crippen molar-refractivity contribution in [3.05, 3.63) is 29.8 Å². The van der Waals surface area contributed by atoms with Gasteiger partial charge in [-0.25, -0.2) is 0 Å². The van der Waals surface area contributed by atoms with Crippen LogP contribution in [0.3, 0.4) is 0 Å². The second kappa shape index (κ2) is 11.4. The van der Waals surface area contributed by atoms with E-state index in [2.05, 4.69) is 48.5 Å². The zero-order valence-electron chi connectivity index (χ0n) is 17.0. The fourth-order valence-corrected chi connectivity index (χ4v) is 2.21. The van der Waals surface area contributed by atoms with Crippen LogP contribution in [0, 0.1) is 5.92 Å². The number of amides is 1. The number of nitrogens with zero attached hydrogens (tertiary/aromatic N) is 2. The Labute approximate surface area is 158 Å². The highest BCUT2D eigenvalue weighted by atomic mass is 16.5. The van der Waals surface area contributed by atoms with Crippen LogP contribution in [-0.2, 0) is 4.79 Å². The summed E-state index contributed by atoms with van der Waals surface area (Å²) < 4.78 is 5.72. The molecule has 0 aromatic heterocycles. The van der Waals surface area contributed by atoms with E-state index in [1.165, 1.54) is 0 Å². The molecule has 1 aromatic rings. The maximum absolute atomic E-state index is 11.7. The summed E-state index contributed by atoms with van der Waals surface area (Å²) in [4.78, 5) is 17.7. The number of guanidine groups is 1. The van der Waals surface area contributed by atoms with Crippen LogP contribution in [-0.4, -0.2) is 50.6 Å². The van der Waals surface area contributed by atoms with Crippen LogP contribution >= 0.6 is 0 Å². The quantitative estimate of drug-likeness (QED) is 0.524. The van der Waals surface area contributed by atoms with Gasteiger partial charge < -0.3 is 20.3 Å². The van der Waals surface area contributed by atoms with Crippen molar-refractivity contribution in [3.63, 3.8) is 0 Å². The van der Waals surface area contributed by atoms with Crippen LogP contribution in [0.2, 0.25) is 0 Å². The van der Waals surface area contributed by atoms with Crippen LogP contribution in [0.1, 0.15) is 45.7 Å². The Bertz CT molecular complexity index is 568. The Morgan fingerprint density at radius 1 is 1.19 bits per heavy atom. The van der Waals surface area contributed by atoms with E-state index in [4.69, 9.17) is 4.74 Å². The third-order valence-electron chi connectivity index (χ3n) is 3.76. The summed E-state index contributed by atoms with van der Waals surface area (Å²) in [7, 11) is 3.51. The Hall–Kier alpha value is -2.24. The molecule has 0 bridgehead atoms. The molecule has 0 spiro atoms. The van der Waals surface area contributed by atoms with Gasteiger partial charge in [-0.3, -0.25) is 9.79 Å². The van der Waals surface area contributed by atoms with Gasteiger partial charge in [0.05, 0.1) is 19.2 Å². The molecule has 1 amide bonds. The topological polar surface area (TPSA) is 66.0 Å². The third kappa shape index (κ3) is 8.23. The minimum absolute atomic E-state index is 0.0784. The lowest BCUT2D eigenvalue weighted by Crippen LogP contribution is -2.39. The number of carbonyl (C=O) groups is 1. The molecule has 0 aliphatic heterocycles. The van der Waals surface area contributed by atoms with E-state index in [1.54, 1.807) is 19.0 Å².